The van der Waals surface area contributed by atoms with Gasteiger partial charge in [-0.05, 0) is 56.7 Å². The van der Waals surface area contributed by atoms with E-state index in [-0.39, 0.29) is 24.5 Å². The van der Waals surface area contributed by atoms with Gasteiger partial charge < -0.3 is 24.4 Å². The van der Waals surface area contributed by atoms with Gasteiger partial charge in [-0.1, -0.05) is 23.9 Å². The van der Waals surface area contributed by atoms with Crippen LogP contribution in [0.4, 0.5) is 0 Å². The van der Waals surface area contributed by atoms with Crippen molar-refractivity contribution in [2.45, 2.75) is 58.3 Å². The molecule has 34 heavy (non-hydrogen) atoms. The molecule has 0 radical (unpaired) electrons. The van der Waals surface area contributed by atoms with E-state index in [1.54, 1.807) is 7.11 Å². The first-order valence-corrected chi connectivity index (χ1v) is 12.4. The van der Waals surface area contributed by atoms with Gasteiger partial charge in [0.2, 0.25) is 5.91 Å². The molecule has 1 amide bonds. The van der Waals surface area contributed by atoms with Crippen LogP contribution in [-0.4, -0.2) is 54.4 Å². The van der Waals surface area contributed by atoms with Crippen molar-refractivity contribution >= 4 is 28.8 Å². The molecule has 8 nitrogen and oxygen atoms in total. The lowest BCUT2D eigenvalue weighted by Gasteiger charge is -2.36. The predicted molar refractivity (Wildman–Crippen MR) is 131 cm³/mol. The summed E-state index contributed by atoms with van der Waals surface area (Å²) in [5, 5.41) is 5.66. The monoisotopic (exact) mass is 485 g/mol. The standard InChI is InChI=1S/C25H31N3O5S/c1-15(2)33-24(30)22-16(3)27-25-28(23(22)17-7-9-19(31-4)10-8-17)18(14-34-25)12-21(29)26-13-20-6-5-11-32-20/h7-10,14-15,20,23H,5-6,11-13H2,1-4H3,(H,26,29). The number of carbonyl (C=O) groups excluding carboxylic acids is 2. The normalized spacial score (nSPS) is 21.9. The van der Waals surface area contributed by atoms with E-state index in [4.69, 9.17) is 14.2 Å². The van der Waals surface area contributed by atoms with E-state index in [2.05, 4.69) is 10.3 Å². The minimum Gasteiger partial charge on any atom is -0.497 e. The zero-order chi connectivity index (χ0) is 24.2. The summed E-state index contributed by atoms with van der Waals surface area (Å²) >= 11 is 1.46. The van der Waals surface area contributed by atoms with Gasteiger partial charge in [-0.25, -0.2) is 9.79 Å². The fraction of sp³-hybridized carbons (Fsp3) is 0.480. The second-order valence-electron chi connectivity index (χ2n) is 8.74. The Hall–Kier alpha value is -2.78. The molecule has 0 saturated carbocycles. The molecule has 2 atom stereocenters. The van der Waals surface area contributed by atoms with Crippen LogP contribution in [0.25, 0.3) is 0 Å². The number of methoxy groups -OCH3 is 1. The van der Waals surface area contributed by atoms with Crippen LogP contribution in [0.5, 0.6) is 5.75 Å². The Morgan fingerprint density at radius 2 is 2.06 bits per heavy atom. The molecule has 3 aliphatic heterocycles. The highest BCUT2D eigenvalue weighted by molar-refractivity contribution is 8.16. The third-order valence-corrected chi connectivity index (χ3v) is 6.78. The Balaban J connectivity index is 1.61. The first-order chi connectivity index (χ1) is 16.4. The third kappa shape index (κ3) is 5.31. The Labute approximate surface area is 204 Å². The Morgan fingerprint density at radius 3 is 2.71 bits per heavy atom. The van der Waals surface area contributed by atoms with Crippen LogP contribution in [0.3, 0.4) is 0 Å². The van der Waals surface area contributed by atoms with Crippen molar-refractivity contribution in [2.75, 3.05) is 20.3 Å². The number of fused-ring (bicyclic) bond motifs is 1. The number of thioether (sulfide) groups is 1. The fourth-order valence-electron chi connectivity index (χ4n) is 4.27. The van der Waals surface area contributed by atoms with E-state index >= 15 is 0 Å². The SMILES string of the molecule is COc1ccc(C2C(C(=O)OC(C)C)=C(C)N=C3SC=C(CC(=O)NCC4CCCO4)N32)cc1. The number of benzene rings is 1. The largest absolute Gasteiger partial charge is 0.497 e. The summed E-state index contributed by atoms with van der Waals surface area (Å²) in [6.45, 7) is 6.73. The van der Waals surface area contributed by atoms with Gasteiger partial charge in [-0.3, -0.25) is 4.79 Å². The Kier molecular flexibility index (Phi) is 7.63. The number of hydrogen-bond acceptors (Lipinski definition) is 8. The van der Waals surface area contributed by atoms with E-state index in [1.807, 2.05) is 55.3 Å². The molecule has 3 aliphatic rings. The molecule has 1 N–H and O–H groups in total. The van der Waals surface area contributed by atoms with E-state index in [9.17, 15) is 9.59 Å². The Morgan fingerprint density at radius 1 is 1.29 bits per heavy atom. The lowest BCUT2D eigenvalue weighted by Crippen LogP contribution is -2.39. The third-order valence-electron chi connectivity index (χ3n) is 5.89. The zero-order valence-electron chi connectivity index (χ0n) is 20.0. The zero-order valence-corrected chi connectivity index (χ0v) is 20.8. The summed E-state index contributed by atoms with van der Waals surface area (Å²) in [6.07, 6.45) is 1.99. The second kappa shape index (κ2) is 10.7. The van der Waals surface area contributed by atoms with E-state index in [0.29, 0.717) is 17.8 Å². The average Bonchev–Trinajstić information content (AvgIpc) is 3.46. The van der Waals surface area contributed by atoms with Crippen molar-refractivity contribution in [1.82, 2.24) is 10.2 Å². The minimum absolute atomic E-state index is 0.0815. The van der Waals surface area contributed by atoms with Crippen LogP contribution in [0.1, 0.15) is 51.6 Å². The van der Waals surface area contributed by atoms with Gasteiger partial charge in [-0.2, -0.15) is 0 Å². The molecule has 0 aliphatic carbocycles. The number of nitrogens with one attached hydrogen (secondary N) is 1. The second-order valence-corrected chi connectivity index (χ2v) is 9.57. The van der Waals surface area contributed by atoms with Gasteiger partial charge in [0.25, 0.3) is 0 Å². The molecule has 0 aromatic heterocycles. The number of esters is 1. The maximum atomic E-state index is 13.2. The van der Waals surface area contributed by atoms with E-state index < -0.39 is 12.0 Å². The van der Waals surface area contributed by atoms with Gasteiger partial charge >= 0.3 is 5.97 Å². The van der Waals surface area contributed by atoms with Crippen LogP contribution in [0.15, 0.2) is 51.6 Å². The quantitative estimate of drug-likeness (QED) is 0.559. The number of amidine groups is 1. The molecule has 3 heterocycles. The van der Waals surface area contributed by atoms with Crippen LogP contribution in [0.2, 0.25) is 0 Å². The van der Waals surface area contributed by atoms with Gasteiger partial charge in [0.1, 0.15) is 5.75 Å². The highest BCUT2D eigenvalue weighted by Gasteiger charge is 2.41. The van der Waals surface area contributed by atoms with Gasteiger partial charge in [-0.15, -0.1) is 0 Å². The lowest BCUT2D eigenvalue weighted by molar-refractivity contribution is -0.143. The molecule has 1 aromatic rings. The maximum Gasteiger partial charge on any atom is 0.338 e. The fourth-order valence-corrected chi connectivity index (χ4v) is 5.23. The summed E-state index contributed by atoms with van der Waals surface area (Å²) in [5.41, 5.74) is 2.76. The highest BCUT2D eigenvalue weighted by Crippen LogP contribution is 2.45. The molecule has 1 fully saturated rings. The smallest absolute Gasteiger partial charge is 0.338 e. The number of ether oxygens (including phenoxy) is 3. The molecular weight excluding hydrogens is 454 g/mol. The van der Waals surface area contributed by atoms with Gasteiger partial charge in [0, 0.05) is 18.8 Å². The van der Waals surface area contributed by atoms with Crippen LogP contribution >= 0.6 is 11.8 Å². The van der Waals surface area contributed by atoms with Crippen LogP contribution < -0.4 is 10.1 Å². The minimum atomic E-state index is -0.461. The molecule has 0 spiro atoms. The first-order valence-electron chi connectivity index (χ1n) is 11.5. The van der Waals surface area contributed by atoms with E-state index in [1.165, 1.54) is 11.8 Å². The predicted octanol–water partition coefficient (Wildman–Crippen LogP) is 3.91. The molecule has 0 bridgehead atoms. The van der Waals surface area contributed by atoms with E-state index in [0.717, 1.165) is 41.6 Å². The molecule has 9 heteroatoms. The molecule has 1 saturated heterocycles. The Bertz CT molecular complexity index is 1030. The van der Waals surface area contributed by atoms with Crippen molar-refractivity contribution in [3.8, 4) is 5.75 Å². The number of aliphatic imine (C=N–C) groups is 1. The van der Waals surface area contributed by atoms with Gasteiger partial charge in [0.05, 0.1) is 43.1 Å². The highest BCUT2D eigenvalue weighted by atomic mass is 32.2. The van der Waals surface area contributed by atoms with Crippen LogP contribution in [0, 0.1) is 0 Å². The first kappa shape index (κ1) is 24.3. The molecule has 4 rings (SSSR count). The van der Waals surface area contributed by atoms with Crippen molar-refractivity contribution in [1.29, 1.82) is 0 Å². The number of rotatable bonds is 8. The average molecular weight is 486 g/mol. The number of allylic oxidation sites excluding steroid dienone is 1. The van der Waals surface area contributed by atoms with Crippen molar-refractivity contribution in [3.63, 3.8) is 0 Å². The van der Waals surface area contributed by atoms with Crippen LogP contribution in [-0.2, 0) is 19.1 Å². The molecular formula is C25H31N3O5S. The topological polar surface area (TPSA) is 89.5 Å². The molecule has 182 valence electrons. The summed E-state index contributed by atoms with van der Waals surface area (Å²) in [6, 6.07) is 7.13. The number of carbonyl (C=O) groups is 2. The maximum absolute atomic E-state index is 13.2. The molecule has 1 aromatic carbocycles. The summed E-state index contributed by atoms with van der Waals surface area (Å²) in [5.74, 6) is 0.227. The van der Waals surface area contributed by atoms with Gasteiger partial charge in [0.15, 0.2) is 5.17 Å². The number of amides is 1. The summed E-state index contributed by atoms with van der Waals surface area (Å²) < 4.78 is 16.5. The number of hydrogen-bond donors (Lipinski definition) is 1. The number of nitrogens with zero attached hydrogens (tertiary/aromatic N) is 2. The van der Waals surface area contributed by atoms with Crippen molar-refractivity contribution in [2.24, 2.45) is 4.99 Å². The van der Waals surface area contributed by atoms with Crippen molar-refractivity contribution < 1.29 is 23.8 Å². The van der Waals surface area contributed by atoms with Crippen molar-refractivity contribution in [3.05, 3.63) is 52.2 Å². The summed E-state index contributed by atoms with van der Waals surface area (Å²) in [7, 11) is 1.61. The lowest BCUT2D eigenvalue weighted by atomic mass is 9.93. The summed E-state index contributed by atoms with van der Waals surface area (Å²) in [4.78, 5) is 32.6. The molecule has 2 unspecified atom stereocenters.